The van der Waals surface area contributed by atoms with Gasteiger partial charge in [0.15, 0.2) is 0 Å². The molecule has 0 saturated heterocycles. The summed E-state index contributed by atoms with van der Waals surface area (Å²) in [6.45, 7) is -0.0466. The topological polar surface area (TPSA) is 104 Å². The molecule has 0 saturated carbocycles. The van der Waals surface area contributed by atoms with Gasteiger partial charge in [-0.05, 0) is 0 Å². The summed E-state index contributed by atoms with van der Waals surface area (Å²) < 4.78 is 4.47. The van der Waals surface area contributed by atoms with Gasteiger partial charge in [0.1, 0.15) is 18.1 Å². The van der Waals surface area contributed by atoms with Crippen LogP contribution in [0.15, 0.2) is 12.4 Å². The lowest BCUT2D eigenvalue weighted by Gasteiger charge is -2.01. The summed E-state index contributed by atoms with van der Waals surface area (Å²) in [5, 5.41) is 0. The van der Waals surface area contributed by atoms with Gasteiger partial charge < -0.3 is 16.2 Å². The Morgan fingerprint density at radius 1 is 1.50 bits per heavy atom. The van der Waals surface area contributed by atoms with E-state index in [-0.39, 0.29) is 12.4 Å². The highest BCUT2D eigenvalue weighted by molar-refractivity contribution is 5.64. The number of aromatic nitrogens is 2. The Labute approximate surface area is 68.6 Å². The minimum absolute atomic E-state index is 0.0466. The van der Waals surface area contributed by atoms with Gasteiger partial charge in [-0.25, -0.2) is 9.78 Å². The van der Waals surface area contributed by atoms with Crippen LogP contribution in [0.5, 0.6) is 0 Å². The Bertz CT molecular complexity index is 289. The van der Waals surface area contributed by atoms with Crippen molar-refractivity contribution in [2.45, 2.75) is 6.61 Å². The maximum absolute atomic E-state index is 10.2. The number of nitrogen functional groups attached to an aromatic ring is 1. The van der Waals surface area contributed by atoms with Gasteiger partial charge in [0.2, 0.25) is 0 Å². The number of nitrogens with zero attached hydrogens (tertiary/aromatic N) is 2. The number of carbonyl (C=O) groups is 1. The number of hydrogen-bond acceptors (Lipinski definition) is 5. The molecule has 0 spiro atoms. The zero-order chi connectivity index (χ0) is 8.97. The van der Waals surface area contributed by atoms with E-state index >= 15 is 0 Å². The molecule has 0 unspecified atom stereocenters. The highest BCUT2D eigenvalue weighted by atomic mass is 16.5. The molecule has 1 aromatic rings. The molecule has 0 fully saturated rings. The summed E-state index contributed by atoms with van der Waals surface area (Å²) in [6, 6.07) is 0. The van der Waals surface area contributed by atoms with E-state index in [1.54, 1.807) is 0 Å². The van der Waals surface area contributed by atoms with E-state index in [1.165, 1.54) is 12.4 Å². The Balaban J connectivity index is 2.63. The molecule has 1 rings (SSSR count). The highest BCUT2D eigenvalue weighted by Gasteiger charge is 2.02. The Hall–Kier alpha value is -1.85. The molecule has 4 N–H and O–H groups in total. The molecule has 64 valence electrons. The third-order valence-electron chi connectivity index (χ3n) is 1.16. The van der Waals surface area contributed by atoms with Crippen LogP contribution in [0.2, 0.25) is 0 Å². The molecule has 0 aliphatic rings. The van der Waals surface area contributed by atoms with Crippen molar-refractivity contribution in [1.82, 2.24) is 9.97 Å². The number of anilines is 1. The Morgan fingerprint density at radius 3 is 2.75 bits per heavy atom. The maximum Gasteiger partial charge on any atom is 0.404 e. The van der Waals surface area contributed by atoms with Crippen molar-refractivity contribution in [3.05, 3.63) is 18.1 Å². The zero-order valence-corrected chi connectivity index (χ0v) is 6.23. The SMILES string of the molecule is NC(=O)OCc1nccnc1N. The summed E-state index contributed by atoms with van der Waals surface area (Å²) >= 11 is 0. The first-order valence-electron chi connectivity index (χ1n) is 3.17. The van der Waals surface area contributed by atoms with Crippen LogP contribution >= 0.6 is 0 Å². The third kappa shape index (κ3) is 2.08. The van der Waals surface area contributed by atoms with Crippen LogP contribution in [0.3, 0.4) is 0 Å². The molecule has 0 atom stereocenters. The van der Waals surface area contributed by atoms with Crippen molar-refractivity contribution in [1.29, 1.82) is 0 Å². The molecule has 0 aliphatic carbocycles. The fourth-order valence-corrected chi connectivity index (χ4v) is 0.628. The molecule has 1 amide bonds. The van der Waals surface area contributed by atoms with Crippen molar-refractivity contribution >= 4 is 11.9 Å². The minimum Gasteiger partial charge on any atom is -0.443 e. The van der Waals surface area contributed by atoms with Crippen LogP contribution in [0.1, 0.15) is 5.69 Å². The van der Waals surface area contributed by atoms with E-state index in [1.807, 2.05) is 0 Å². The second-order valence-electron chi connectivity index (χ2n) is 2.00. The van der Waals surface area contributed by atoms with Gasteiger partial charge in [-0.3, -0.25) is 4.98 Å². The van der Waals surface area contributed by atoms with Crippen molar-refractivity contribution < 1.29 is 9.53 Å². The fourth-order valence-electron chi connectivity index (χ4n) is 0.628. The molecular formula is C6H8N4O2. The van der Waals surface area contributed by atoms with E-state index in [9.17, 15) is 4.79 Å². The lowest BCUT2D eigenvalue weighted by atomic mass is 10.4. The number of nitrogens with two attached hydrogens (primary N) is 2. The molecule has 12 heavy (non-hydrogen) atoms. The molecule has 6 nitrogen and oxygen atoms in total. The number of rotatable bonds is 2. The van der Waals surface area contributed by atoms with Gasteiger partial charge >= 0.3 is 6.09 Å². The first-order valence-corrected chi connectivity index (χ1v) is 3.17. The van der Waals surface area contributed by atoms with Crippen LogP contribution in [-0.4, -0.2) is 16.1 Å². The highest BCUT2D eigenvalue weighted by Crippen LogP contribution is 2.03. The third-order valence-corrected chi connectivity index (χ3v) is 1.16. The smallest absolute Gasteiger partial charge is 0.404 e. The number of hydrogen-bond donors (Lipinski definition) is 2. The van der Waals surface area contributed by atoms with Gasteiger partial charge in [0.25, 0.3) is 0 Å². The van der Waals surface area contributed by atoms with Crippen molar-refractivity contribution in [2.24, 2.45) is 5.73 Å². The minimum atomic E-state index is -0.861. The van der Waals surface area contributed by atoms with E-state index in [0.717, 1.165) is 0 Å². The fraction of sp³-hybridized carbons (Fsp3) is 0.167. The van der Waals surface area contributed by atoms with Crippen LogP contribution in [-0.2, 0) is 11.3 Å². The van der Waals surface area contributed by atoms with Crippen LogP contribution in [0, 0.1) is 0 Å². The molecular weight excluding hydrogens is 160 g/mol. The molecule has 0 bridgehead atoms. The summed E-state index contributed by atoms with van der Waals surface area (Å²) in [5.74, 6) is 0.235. The molecule has 0 aromatic carbocycles. The van der Waals surface area contributed by atoms with E-state index in [4.69, 9.17) is 11.5 Å². The van der Waals surface area contributed by atoms with Gasteiger partial charge in [0.05, 0.1) is 0 Å². The van der Waals surface area contributed by atoms with E-state index in [2.05, 4.69) is 14.7 Å². The van der Waals surface area contributed by atoms with E-state index < -0.39 is 6.09 Å². The normalized spacial score (nSPS) is 9.33. The second kappa shape index (κ2) is 3.51. The zero-order valence-electron chi connectivity index (χ0n) is 6.23. The summed E-state index contributed by atoms with van der Waals surface area (Å²) in [7, 11) is 0. The Kier molecular flexibility index (Phi) is 2.42. The van der Waals surface area contributed by atoms with Crippen LogP contribution in [0.4, 0.5) is 10.6 Å². The number of carbonyl (C=O) groups excluding carboxylic acids is 1. The van der Waals surface area contributed by atoms with Crippen molar-refractivity contribution in [3.8, 4) is 0 Å². The summed E-state index contributed by atoms with van der Waals surface area (Å²) in [6.07, 6.45) is 2.04. The summed E-state index contributed by atoms with van der Waals surface area (Å²) in [4.78, 5) is 17.8. The average Bonchev–Trinajstić information content (AvgIpc) is 2.03. The molecule has 6 heteroatoms. The standard InChI is InChI=1S/C6H8N4O2/c7-5-4(3-12-6(8)11)9-1-2-10-5/h1-2H,3H2,(H2,7,10)(H2,8,11). The van der Waals surface area contributed by atoms with Gasteiger partial charge in [0, 0.05) is 12.4 Å². The largest absolute Gasteiger partial charge is 0.443 e. The van der Waals surface area contributed by atoms with Crippen LogP contribution < -0.4 is 11.5 Å². The Morgan fingerprint density at radius 2 is 2.17 bits per heavy atom. The average molecular weight is 168 g/mol. The lowest BCUT2D eigenvalue weighted by Crippen LogP contribution is -2.14. The van der Waals surface area contributed by atoms with Crippen LogP contribution in [0.25, 0.3) is 0 Å². The van der Waals surface area contributed by atoms with Gasteiger partial charge in [-0.1, -0.05) is 0 Å². The number of primary amides is 1. The van der Waals surface area contributed by atoms with Crippen molar-refractivity contribution in [2.75, 3.05) is 5.73 Å². The molecule has 1 heterocycles. The summed E-state index contributed by atoms with van der Waals surface area (Å²) in [5.41, 5.74) is 10.5. The first kappa shape index (κ1) is 8.25. The quantitative estimate of drug-likeness (QED) is 0.628. The maximum atomic E-state index is 10.2. The number of ether oxygens (including phenoxy) is 1. The van der Waals surface area contributed by atoms with Crippen molar-refractivity contribution in [3.63, 3.8) is 0 Å². The molecule has 0 radical (unpaired) electrons. The van der Waals surface area contributed by atoms with Gasteiger partial charge in [-0.2, -0.15) is 0 Å². The van der Waals surface area contributed by atoms with Gasteiger partial charge in [-0.15, -0.1) is 0 Å². The van der Waals surface area contributed by atoms with E-state index in [0.29, 0.717) is 5.69 Å². The molecule has 1 aromatic heterocycles. The predicted octanol–water partition coefficient (Wildman–Crippen LogP) is -0.346. The monoisotopic (exact) mass is 168 g/mol. The lowest BCUT2D eigenvalue weighted by molar-refractivity contribution is 0.149. The molecule has 0 aliphatic heterocycles. The predicted molar refractivity (Wildman–Crippen MR) is 40.8 cm³/mol. The first-order chi connectivity index (χ1) is 5.70. The second-order valence-corrected chi connectivity index (χ2v) is 2.00. The number of amides is 1.